The molecule has 4 rings (SSSR count). The van der Waals surface area contributed by atoms with E-state index >= 15 is 0 Å². The summed E-state index contributed by atoms with van der Waals surface area (Å²) in [6, 6.07) is 12.7. The number of fused-ring (bicyclic) bond motifs is 2. The molecular weight excluding hydrogens is 460 g/mol. The van der Waals surface area contributed by atoms with Crippen molar-refractivity contribution in [3.05, 3.63) is 42.5 Å². The molecule has 0 aliphatic carbocycles. The minimum atomic E-state index is -3.71. The zero-order valence-electron chi connectivity index (χ0n) is 19.1. The van der Waals surface area contributed by atoms with Crippen LogP contribution < -0.4 is 10.1 Å². The van der Waals surface area contributed by atoms with Gasteiger partial charge in [0.05, 0.1) is 37.4 Å². The number of para-hydroxylation sites is 1. The van der Waals surface area contributed by atoms with Gasteiger partial charge in [0.2, 0.25) is 0 Å². The molecule has 33 heavy (non-hydrogen) atoms. The van der Waals surface area contributed by atoms with Crippen LogP contribution in [0.1, 0.15) is 34.6 Å². The second-order valence-electron chi connectivity index (χ2n) is 9.25. The average Bonchev–Trinajstić information content (AvgIpc) is 3.14. The summed E-state index contributed by atoms with van der Waals surface area (Å²) in [4.78, 5) is 13.7. The highest BCUT2D eigenvalue weighted by Gasteiger charge is 2.34. The number of ether oxygens (including phenoxy) is 1. The summed E-state index contributed by atoms with van der Waals surface area (Å²) < 4.78 is 32.6. The maximum absolute atomic E-state index is 13.4. The first-order valence-electron chi connectivity index (χ1n) is 10.4. The van der Waals surface area contributed by atoms with Gasteiger partial charge in [-0.3, -0.25) is 0 Å². The van der Waals surface area contributed by atoms with Crippen LogP contribution in [0.15, 0.2) is 47.4 Å². The molecule has 2 aromatic heterocycles. The maximum atomic E-state index is 13.4. The van der Waals surface area contributed by atoms with Crippen molar-refractivity contribution in [2.75, 3.05) is 11.9 Å². The van der Waals surface area contributed by atoms with Crippen molar-refractivity contribution >= 4 is 53.2 Å². The molecule has 0 bridgehead atoms. The molecule has 8 nitrogen and oxygen atoms in total. The third-order valence-corrected chi connectivity index (χ3v) is 8.51. The lowest BCUT2D eigenvalue weighted by Crippen LogP contribution is -2.33. The van der Waals surface area contributed by atoms with Gasteiger partial charge >= 0.3 is 6.01 Å². The molecule has 0 aliphatic heterocycles. The van der Waals surface area contributed by atoms with E-state index in [1.807, 2.05) is 24.3 Å². The Balaban J connectivity index is 1.95. The summed E-state index contributed by atoms with van der Waals surface area (Å²) in [7, 11) is -3.71. The number of aromatic nitrogens is 3. The summed E-state index contributed by atoms with van der Waals surface area (Å²) >= 11 is 1.43. The van der Waals surface area contributed by atoms with E-state index in [0.29, 0.717) is 16.0 Å². The standard InChI is InChI=1S/C23H26N4O4S2/c1-22(2,3)33(29,30)17-12-8-10-15-18(17)19(26-20(24-15)31-23(4,5)13-28)27-21-25-14-9-6-7-11-16(14)32-21/h6-12,28H,13H2,1-5H3,(H,24,25,26,27). The summed E-state index contributed by atoms with van der Waals surface area (Å²) in [6.07, 6.45) is 0. The van der Waals surface area contributed by atoms with Gasteiger partial charge < -0.3 is 15.2 Å². The van der Waals surface area contributed by atoms with Crippen LogP contribution in [0.2, 0.25) is 0 Å². The third-order valence-electron chi connectivity index (χ3n) is 5.03. The Kier molecular flexibility index (Phi) is 5.80. The molecule has 0 radical (unpaired) electrons. The lowest BCUT2D eigenvalue weighted by atomic mass is 10.1. The van der Waals surface area contributed by atoms with E-state index < -0.39 is 20.2 Å². The molecule has 0 unspecified atom stereocenters. The number of nitrogens with one attached hydrogen (secondary N) is 1. The molecule has 0 amide bonds. The molecule has 4 aromatic rings. The molecule has 2 N–H and O–H groups in total. The van der Waals surface area contributed by atoms with Gasteiger partial charge in [-0.1, -0.05) is 29.5 Å². The molecular formula is C23H26N4O4S2. The molecule has 0 aliphatic rings. The number of anilines is 2. The van der Waals surface area contributed by atoms with Crippen molar-refractivity contribution in [1.29, 1.82) is 0 Å². The van der Waals surface area contributed by atoms with Gasteiger partial charge in [0, 0.05) is 0 Å². The SMILES string of the molecule is CC(C)(CO)Oc1nc(Nc2nc3ccccc3s2)c2c(S(=O)(=O)C(C)(C)C)cccc2n1. The minimum absolute atomic E-state index is 0.0236. The highest BCUT2D eigenvalue weighted by atomic mass is 32.2. The minimum Gasteiger partial charge on any atom is -0.455 e. The topological polar surface area (TPSA) is 114 Å². The van der Waals surface area contributed by atoms with Gasteiger partial charge in [0.1, 0.15) is 11.4 Å². The number of hydrogen-bond acceptors (Lipinski definition) is 9. The van der Waals surface area contributed by atoms with Crippen molar-refractivity contribution in [2.45, 2.75) is 49.9 Å². The van der Waals surface area contributed by atoms with Gasteiger partial charge in [-0.25, -0.2) is 13.4 Å². The molecule has 10 heteroatoms. The summed E-state index contributed by atoms with van der Waals surface area (Å²) in [6.45, 7) is 8.15. The first-order valence-corrected chi connectivity index (χ1v) is 12.7. The van der Waals surface area contributed by atoms with Crippen LogP contribution in [-0.2, 0) is 9.84 Å². The molecule has 174 valence electrons. The van der Waals surface area contributed by atoms with Crippen LogP contribution in [0.4, 0.5) is 10.9 Å². The monoisotopic (exact) mass is 486 g/mol. The van der Waals surface area contributed by atoms with Gasteiger partial charge in [0.15, 0.2) is 15.0 Å². The van der Waals surface area contributed by atoms with Crippen molar-refractivity contribution in [1.82, 2.24) is 15.0 Å². The molecule has 0 saturated heterocycles. The van der Waals surface area contributed by atoms with E-state index in [9.17, 15) is 13.5 Å². The van der Waals surface area contributed by atoms with Gasteiger partial charge in [-0.15, -0.1) is 0 Å². The Morgan fingerprint density at radius 3 is 2.33 bits per heavy atom. The van der Waals surface area contributed by atoms with Crippen LogP contribution in [-0.4, -0.2) is 45.4 Å². The largest absolute Gasteiger partial charge is 0.455 e. The molecule has 2 heterocycles. The quantitative estimate of drug-likeness (QED) is 0.403. The summed E-state index contributed by atoms with van der Waals surface area (Å²) in [5.41, 5.74) is 0.307. The van der Waals surface area contributed by atoms with Crippen molar-refractivity contribution in [3.8, 4) is 6.01 Å². The first kappa shape index (κ1) is 23.3. The lowest BCUT2D eigenvalue weighted by molar-refractivity contribution is 0.0335. The number of hydrogen-bond donors (Lipinski definition) is 2. The Labute approximate surface area is 196 Å². The predicted molar refractivity (Wildman–Crippen MR) is 131 cm³/mol. The number of sulfone groups is 1. The zero-order valence-corrected chi connectivity index (χ0v) is 20.7. The molecule has 0 fully saturated rings. The Hall–Kier alpha value is -2.82. The van der Waals surface area contributed by atoms with E-state index in [-0.39, 0.29) is 23.3 Å². The van der Waals surface area contributed by atoms with Crippen LogP contribution >= 0.6 is 11.3 Å². The zero-order chi connectivity index (χ0) is 24.0. The summed E-state index contributed by atoms with van der Waals surface area (Å²) in [5.74, 6) is 0.270. The second-order valence-corrected chi connectivity index (χ2v) is 13.0. The van der Waals surface area contributed by atoms with E-state index in [4.69, 9.17) is 4.74 Å². The van der Waals surface area contributed by atoms with Crippen LogP contribution in [0.3, 0.4) is 0 Å². The molecule has 0 spiro atoms. The van der Waals surface area contributed by atoms with Crippen LogP contribution in [0, 0.1) is 0 Å². The number of rotatable bonds is 6. The van der Waals surface area contributed by atoms with Crippen LogP contribution in [0.5, 0.6) is 6.01 Å². The van der Waals surface area contributed by atoms with E-state index in [1.54, 1.807) is 52.8 Å². The molecule has 2 aromatic carbocycles. The second kappa shape index (κ2) is 8.19. The Morgan fingerprint density at radius 2 is 1.67 bits per heavy atom. The lowest BCUT2D eigenvalue weighted by Gasteiger charge is -2.24. The van der Waals surface area contributed by atoms with Gasteiger partial charge in [0.25, 0.3) is 0 Å². The number of aliphatic hydroxyl groups is 1. The van der Waals surface area contributed by atoms with Crippen molar-refractivity contribution in [3.63, 3.8) is 0 Å². The normalized spacial score (nSPS) is 12.9. The fourth-order valence-electron chi connectivity index (χ4n) is 3.13. The highest BCUT2D eigenvalue weighted by Crippen LogP contribution is 2.37. The highest BCUT2D eigenvalue weighted by molar-refractivity contribution is 7.93. The number of benzene rings is 2. The average molecular weight is 487 g/mol. The third kappa shape index (κ3) is 4.50. The first-order chi connectivity index (χ1) is 15.4. The van der Waals surface area contributed by atoms with E-state index in [0.717, 1.165) is 10.2 Å². The van der Waals surface area contributed by atoms with E-state index in [1.165, 1.54) is 11.3 Å². The number of thiazole rings is 1. The number of nitrogens with zero attached hydrogens (tertiary/aromatic N) is 3. The smallest absolute Gasteiger partial charge is 0.319 e. The Morgan fingerprint density at radius 1 is 0.970 bits per heavy atom. The van der Waals surface area contributed by atoms with Crippen molar-refractivity contribution < 1.29 is 18.3 Å². The maximum Gasteiger partial charge on any atom is 0.319 e. The Bertz CT molecular complexity index is 1410. The van der Waals surface area contributed by atoms with Gasteiger partial charge in [-0.05, 0) is 58.9 Å². The fourth-order valence-corrected chi connectivity index (χ4v) is 5.38. The fraction of sp³-hybridized carbons (Fsp3) is 0.348. The van der Waals surface area contributed by atoms with Crippen LogP contribution in [0.25, 0.3) is 21.1 Å². The van der Waals surface area contributed by atoms with E-state index in [2.05, 4.69) is 20.3 Å². The molecule has 0 saturated carbocycles. The predicted octanol–water partition coefficient (Wildman–Crippen LogP) is 4.71. The molecule has 0 atom stereocenters. The van der Waals surface area contributed by atoms with Gasteiger partial charge in [-0.2, -0.15) is 9.97 Å². The summed E-state index contributed by atoms with van der Waals surface area (Å²) in [5, 5.41) is 13.7. The number of aliphatic hydroxyl groups excluding tert-OH is 1. The van der Waals surface area contributed by atoms with Crippen molar-refractivity contribution in [2.24, 2.45) is 0 Å².